The standard InChI is InChI=1S/C26H23N3O3/c1-30-24-21(10-11-23-25(24)32-15-14-31-23)22-12-13-27-26(29-22)28-20-9-5-8-19(17-20)16-18-6-3-2-4-7-18/h2-13,17H,14-16H2,1H3,(H,27,28,29). The van der Waals surface area contributed by atoms with Gasteiger partial charge in [-0.3, -0.25) is 0 Å². The third-order valence-electron chi connectivity index (χ3n) is 5.23. The number of rotatable bonds is 6. The van der Waals surface area contributed by atoms with E-state index in [1.54, 1.807) is 13.3 Å². The van der Waals surface area contributed by atoms with Crippen molar-refractivity contribution in [3.05, 3.63) is 90.1 Å². The number of nitrogens with zero attached hydrogens (tertiary/aromatic N) is 2. The molecule has 2 heterocycles. The van der Waals surface area contributed by atoms with Crippen LogP contribution in [0.5, 0.6) is 17.2 Å². The molecule has 0 amide bonds. The van der Waals surface area contributed by atoms with Gasteiger partial charge in [0.15, 0.2) is 11.5 Å². The van der Waals surface area contributed by atoms with E-state index in [1.165, 1.54) is 11.1 Å². The quantitative estimate of drug-likeness (QED) is 0.455. The summed E-state index contributed by atoms with van der Waals surface area (Å²) in [5.41, 5.74) is 4.97. The molecular formula is C26H23N3O3. The first-order valence-corrected chi connectivity index (χ1v) is 10.5. The number of hydrogen-bond donors (Lipinski definition) is 1. The Morgan fingerprint density at radius 2 is 1.75 bits per heavy atom. The fourth-order valence-corrected chi connectivity index (χ4v) is 3.78. The van der Waals surface area contributed by atoms with E-state index in [2.05, 4.69) is 46.7 Å². The molecule has 0 bridgehead atoms. The van der Waals surface area contributed by atoms with Crippen LogP contribution in [-0.4, -0.2) is 30.3 Å². The summed E-state index contributed by atoms with van der Waals surface area (Å²) in [5, 5.41) is 3.32. The monoisotopic (exact) mass is 425 g/mol. The molecule has 6 nitrogen and oxygen atoms in total. The number of benzene rings is 3. The summed E-state index contributed by atoms with van der Waals surface area (Å²) in [5.74, 6) is 2.41. The summed E-state index contributed by atoms with van der Waals surface area (Å²) in [6, 6.07) is 24.4. The van der Waals surface area contributed by atoms with Crippen LogP contribution < -0.4 is 19.5 Å². The van der Waals surface area contributed by atoms with E-state index in [1.807, 2.05) is 36.4 Å². The van der Waals surface area contributed by atoms with Gasteiger partial charge >= 0.3 is 0 Å². The number of ether oxygens (including phenoxy) is 3. The van der Waals surface area contributed by atoms with Crippen molar-refractivity contribution in [3.63, 3.8) is 0 Å². The molecule has 32 heavy (non-hydrogen) atoms. The molecule has 6 heteroatoms. The lowest BCUT2D eigenvalue weighted by atomic mass is 10.0. The average Bonchev–Trinajstić information content (AvgIpc) is 2.84. The highest BCUT2D eigenvalue weighted by molar-refractivity contribution is 5.75. The fourth-order valence-electron chi connectivity index (χ4n) is 3.78. The first kappa shape index (κ1) is 19.9. The van der Waals surface area contributed by atoms with Gasteiger partial charge in [0.2, 0.25) is 11.7 Å². The predicted octanol–water partition coefficient (Wildman–Crippen LogP) is 5.26. The highest BCUT2D eigenvalue weighted by atomic mass is 16.6. The van der Waals surface area contributed by atoms with Gasteiger partial charge in [0, 0.05) is 17.4 Å². The lowest BCUT2D eigenvalue weighted by Crippen LogP contribution is -2.16. The second-order valence-corrected chi connectivity index (χ2v) is 7.42. The Morgan fingerprint density at radius 3 is 2.62 bits per heavy atom. The Morgan fingerprint density at radius 1 is 0.906 bits per heavy atom. The van der Waals surface area contributed by atoms with E-state index in [9.17, 15) is 0 Å². The van der Waals surface area contributed by atoms with Crippen molar-refractivity contribution in [2.45, 2.75) is 6.42 Å². The first-order valence-electron chi connectivity index (χ1n) is 10.5. The topological polar surface area (TPSA) is 65.5 Å². The molecular weight excluding hydrogens is 402 g/mol. The average molecular weight is 425 g/mol. The second-order valence-electron chi connectivity index (χ2n) is 7.42. The van der Waals surface area contributed by atoms with E-state index in [-0.39, 0.29) is 0 Å². The third kappa shape index (κ3) is 4.21. The molecule has 0 unspecified atom stereocenters. The highest BCUT2D eigenvalue weighted by Gasteiger charge is 2.21. The van der Waals surface area contributed by atoms with E-state index in [4.69, 9.17) is 19.2 Å². The van der Waals surface area contributed by atoms with Gasteiger partial charge in [-0.2, -0.15) is 0 Å². The van der Waals surface area contributed by atoms with Crippen LogP contribution in [0.15, 0.2) is 79.0 Å². The Bertz CT molecular complexity index is 1230. The zero-order valence-corrected chi connectivity index (χ0v) is 17.7. The molecule has 0 radical (unpaired) electrons. The Balaban J connectivity index is 1.40. The molecule has 0 spiro atoms. The van der Waals surface area contributed by atoms with Crippen LogP contribution >= 0.6 is 0 Å². The Hall–Kier alpha value is -4.06. The molecule has 1 N–H and O–H groups in total. The van der Waals surface area contributed by atoms with E-state index < -0.39 is 0 Å². The van der Waals surface area contributed by atoms with Crippen molar-refractivity contribution in [3.8, 4) is 28.5 Å². The minimum atomic E-state index is 0.489. The SMILES string of the molecule is COc1c(-c2ccnc(Nc3cccc(Cc4ccccc4)c3)n2)ccc2c1OCCO2. The van der Waals surface area contributed by atoms with Crippen molar-refractivity contribution in [2.75, 3.05) is 25.6 Å². The van der Waals surface area contributed by atoms with Crippen molar-refractivity contribution >= 4 is 11.6 Å². The zero-order valence-electron chi connectivity index (χ0n) is 17.7. The normalized spacial score (nSPS) is 12.3. The summed E-state index contributed by atoms with van der Waals surface area (Å²) in [6.45, 7) is 1.02. The van der Waals surface area contributed by atoms with Gasteiger partial charge in [-0.25, -0.2) is 9.97 Å². The zero-order chi connectivity index (χ0) is 21.8. The van der Waals surface area contributed by atoms with Crippen molar-refractivity contribution in [2.24, 2.45) is 0 Å². The molecule has 1 aliphatic rings. The number of fused-ring (bicyclic) bond motifs is 1. The van der Waals surface area contributed by atoms with Crippen LogP contribution in [0.4, 0.5) is 11.6 Å². The number of nitrogens with one attached hydrogen (secondary N) is 1. The second kappa shape index (κ2) is 8.98. The molecule has 160 valence electrons. The highest BCUT2D eigenvalue weighted by Crippen LogP contribution is 2.45. The maximum Gasteiger partial charge on any atom is 0.227 e. The Kier molecular flexibility index (Phi) is 5.58. The molecule has 5 rings (SSSR count). The maximum atomic E-state index is 5.79. The van der Waals surface area contributed by atoms with Gasteiger partial charge in [0.25, 0.3) is 0 Å². The van der Waals surface area contributed by atoms with Gasteiger partial charge in [0.05, 0.1) is 12.8 Å². The van der Waals surface area contributed by atoms with Crippen LogP contribution in [0.1, 0.15) is 11.1 Å². The van der Waals surface area contributed by atoms with Gasteiger partial charge in [-0.05, 0) is 47.9 Å². The van der Waals surface area contributed by atoms with Crippen LogP contribution in [0, 0.1) is 0 Å². The van der Waals surface area contributed by atoms with Crippen LogP contribution in [0.2, 0.25) is 0 Å². The fraction of sp³-hybridized carbons (Fsp3) is 0.154. The molecule has 1 aromatic heterocycles. The molecule has 4 aromatic rings. The van der Waals surface area contributed by atoms with Crippen molar-refractivity contribution in [1.29, 1.82) is 0 Å². The number of aromatic nitrogens is 2. The minimum Gasteiger partial charge on any atom is -0.492 e. The number of hydrogen-bond acceptors (Lipinski definition) is 6. The summed E-state index contributed by atoms with van der Waals surface area (Å²) in [7, 11) is 1.62. The van der Waals surface area contributed by atoms with E-state index in [0.717, 1.165) is 23.4 Å². The minimum absolute atomic E-state index is 0.489. The third-order valence-corrected chi connectivity index (χ3v) is 5.23. The lowest BCUT2D eigenvalue weighted by molar-refractivity contribution is 0.165. The van der Waals surface area contributed by atoms with Gasteiger partial charge in [-0.15, -0.1) is 0 Å². The molecule has 0 saturated heterocycles. The summed E-state index contributed by atoms with van der Waals surface area (Å²) in [6.07, 6.45) is 2.60. The van der Waals surface area contributed by atoms with Gasteiger partial charge in [0.1, 0.15) is 13.2 Å². The van der Waals surface area contributed by atoms with E-state index in [0.29, 0.717) is 36.4 Å². The molecule has 0 fully saturated rings. The van der Waals surface area contributed by atoms with Crippen LogP contribution in [0.3, 0.4) is 0 Å². The smallest absolute Gasteiger partial charge is 0.227 e. The maximum absolute atomic E-state index is 5.79. The van der Waals surface area contributed by atoms with Crippen LogP contribution in [0.25, 0.3) is 11.3 Å². The molecule has 0 atom stereocenters. The molecule has 0 saturated carbocycles. The predicted molar refractivity (Wildman–Crippen MR) is 124 cm³/mol. The largest absolute Gasteiger partial charge is 0.492 e. The van der Waals surface area contributed by atoms with Crippen molar-refractivity contribution in [1.82, 2.24) is 9.97 Å². The van der Waals surface area contributed by atoms with Gasteiger partial charge in [-0.1, -0.05) is 42.5 Å². The first-order chi connectivity index (χ1) is 15.8. The molecule has 0 aliphatic carbocycles. The summed E-state index contributed by atoms with van der Waals surface area (Å²) >= 11 is 0. The number of anilines is 2. The van der Waals surface area contributed by atoms with E-state index >= 15 is 0 Å². The molecule has 1 aliphatic heterocycles. The Labute approximate surface area is 186 Å². The van der Waals surface area contributed by atoms with Crippen molar-refractivity contribution < 1.29 is 14.2 Å². The molecule has 3 aromatic carbocycles. The number of methoxy groups -OCH3 is 1. The van der Waals surface area contributed by atoms with Crippen LogP contribution in [-0.2, 0) is 6.42 Å². The summed E-state index contributed by atoms with van der Waals surface area (Å²) in [4.78, 5) is 9.11. The summed E-state index contributed by atoms with van der Waals surface area (Å²) < 4.78 is 17.1. The van der Waals surface area contributed by atoms with Gasteiger partial charge < -0.3 is 19.5 Å². The lowest BCUT2D eigenvalue weighted by Gasteiger charge is -2.22.